The van der Waals surface area contributed by atoms with Crippen molar-refractivity contribution in [3.63, 3.8) is 0 Å². The molecule has 0 saturated carbocycles. The van der Waals surface area contributed by atoms with Crippen LogP contribution in [-0.2, 0) is 14.3 Å². The summed E-state index contributed by atoms with van der Waals surface area (Å²) < 4.78 is 9.39. The fourth-order valence-electron chi connectivity index (χ4n) is 2.64. The van der Waals surface area contributed by atoms with Gasteiger partial charge in [0.2, 0.25) is 5.78 Å². The normalized spacial score (nSPS) is 53.0. The van der Waals surface area contributed by atoms with Crippen molar-refractivity contribution in [3.05, 3.63) is 0 Å². The molecule has 10 atom stereocenters. The average Bonchev–Trinajstić information content (AvgIpc) is 2.56. The number of Topliss-reactive ketones (excluding diaryl/α,β-unsaturated/α-hetero) is 1. The highest BCUT2D eigenvalue weighted by Gasteiger charge is 2.61. The Morgan fingerprint density at radius 1 is 0.875 bits per heavy atom. The van der Waals surface area contributed by atoms with E-state index in [1.54, 1.807) is 0 Å². The van der Waals surface area contributed by atoms with Crippen LogP contribution < -0.4 is 0 Å². The van der Waals surface area contributed by atoms with Gasteiger partial charge in [-0.2, -0.15) is 0 Å². The van der Waals surface area contributed by atoms with Crippen LogP contribution in [0.25, 0.3) is 0 Å². The standard InChI is InChI=1S/C12H20O12/c13-1-2-3(14)6(17)9(19)12(22,24-2)10(20)8-5(16)4(15)7(18)11(21)23-8/h2-9,11,13-19,21-22H,1H2/t2-,3-,4?,5?,6+,7?,8?,9-,11?,12?/m1/s1. The molecule has 2 aliphatic rings. The summed E-state index contributed by atoms with van der Waals surface area (Å²) >= 11 is 0. The molecule has 0 radical (unpaired) electrons. The van der Waals surface area contributed by atoms with Gasteiger partial charge in [0.15, 0.2) is 12.4 Å². The zero-order valence-corrected chi connectivity index (χ0v) is 12.2. The Bertz CT molecular complexity index is 471. The molecule has 2 heterocycles. The number of ether oxygens (including phenoxy) is 2. The maximum Gasteiger partial charge on any atom is 0.259 e. The first-order chi connectivity index (χ1) is 11.1. The van der Waals surface area contributed by atoms with Crippen LogP contribution in [0.4, 0.5) is 0 Å². The largest absolute Gasteiger partial charge is 0.394 e. The van der Waals surface area contributed by atoms with E-state index in [2.05, 4.69) is 4.74 Å². The van der Waals surface area contributed by atoms with Crippen LogP contribution in [0.1, 0.15) is 0 Å². The molecule has 2 fully saturated rings. The van der Waals surface area contributed by atoms with Gasteiger partial charge in [-0.3, -0.25) is 4.79 Å². The van der Waals surface area contributed by atoms with Gasteiger partial charge in [-0.1, -0.05) is 0 Å². The molecule has 12 heteroatoms. The Hall–Kier alpha value is -0.770. The zero-order chi connectivity index (χ0) is 18.4. The van der Waals surface area contributed by atoms with Crippen molar-refractivity contribution >= 4 is 5.78 Å². The van der Waals surface area contributed by atoms with Crippen molar-refractivity contribution in [2.24, 2.45) is 0 Å². The first kappa shape index (κ1) is 19.6. The minimum Gasteiger partial charge on any atom is -0.394 e. The number of hydrogen-bond acceptors (Lipinski definition) is 12. The van der Waals surface area contributed by atoms with E-state index in [0.29, 0.717) is 0 Å². The van der Waals surface area contributed by atoms with E-state index in [4.69, 9.17) is 9.84 Å². The van der Waals surface area contributed by atoms with Crippen molar-refractivity contribution in [2.75, 3.05) is 6.61 Å². The van der Waals surface area contributed by atoms with Crippen molar-refractivity contribution in [2.45, 2.75) is 60.9 Å². The summed E-state index contributed by atoms with van der Waals surface area (Å²) in [7, 11) is 0. The van der Waals surface area contributed by atoms with Gasteiger partial charge in [0.1, 0.15) is 42.7 Å². The Kier molecular flexibility index (Phi) is 5.59. The SMILES string of the molecule is O=C(C1OC(O)C(O)C(O)C1O)C1(O)O[C@H](CO)[C@@H](O)[C@H](O)[C@H]1O. The molecule has 12 nitrogen and oxygen atoms in total. The molecule has 0 aromatic heterocycles. The van der Waals surface area contributed by atoms with Crippen LogP contribution in [0, 0.1) is 0 Å². The molecule has 6 unspecified atom stereocenters. The molecule has 9 N–H and O–H groups in total. The van der Waals surface area contributed by atoms with Crippen LogP contribution >= 0.6 is 0 Å². The van der Waals surface area contributed by atoms with E-state index in [1.165, 1.54) is 0 Å². The highest BCUT2D eigenvalue weighted by atomic mass is 16.7. The van der Waals surface area contributed by atoms with Crippen LogP contribution in [0.15, 0.2) is 0 Å². The summed E-state index contributed by atoms with van der Waals surface area (Å²) in [6.07, 6.45) is -18.2. The average molecular weight is 356 g/mol. The van der Waals surface area contributed by atoms with Crippen LogP contribution in [0.3, 0.4) is 0 Å². The lowest BCUT2D eigenvalue weighted by atomic mass is 9.85. The van der Waals surface area contributed by atoms with Gasteiger partial charge in [0.05, 0.1) is 6.61 Å². The summed E-state index contributed by atoms with van der Waals surface area (Å²) in [5.74, 6) is -4.82. The number of carbonyl (C=O) groups excluding carboxylic acids is 1. The summed E-state index contributed by atoms with van der Waals surface area (Å²) in [6.45, 7) is -0.932. The van der Waals surface area contributed by atoms with E-state index >= 15 is 0 Å². The highest BCUT2D eigenvalue weighted by molar-refractivity contribution is 5.91. The van der Waals surface area contributed by atoms with Crippen molar-refractivity contribution in [1.82, 2.24) is 0 Å². The second kappa shape index (κ2) is 6.86. The molecule has 0 bridgehead atoms. The van der Waals surface area contributed by atoms with E-state index in [1.807, 2.05) is 0 Å². The van der Waals surface area contributed by atoms with Gasteiger partial charge in [-0.05, 0) is 0 Å². The lowest BCUT2D eigenvalue weighted by molar-refractivity contribution is -0.341. The maximum absolute atomic E-state index is 12.4. The quantitative estimate of drug-likeness (QED) is 0.230. The van der Waals surface area contributed by atoms with Crippen molar-refractivity contribution < 1.29 is 60.2 Å². The number of carbonyl (C=O) groups is 1. The van der Waals surface area contributed by atoms with Crippen LogP contribution in [-0.4, -0.2) is 119 Å². The molecule has 2 saturated heterocycles. The summed E-state index contributed by atoms with van der Waals surface area (Å²) in [5.41, 5.74) is 0. The minimum atomic E-state index is -3.22. The monoisotopic (exact) mass is 356 g/mol. The number of hydrogen-bond donors (Lipinski definition) is 9. The van der Waals surface area contributed by atoms with Crippen LogP contribution in [0.5, 0.6) is 0 Å². The number of aliphatic hydroxyl groups is 9. The Labute approximate surface area is 134 Å². The fourth-order valence-corrected chi connectivity index (χ4v) is 2.64. The molecule has 0 aromatic carbocycles. The van der Waals surface area contributed by atoms with E-state index < -0.39 is 73.3 Å². The van der Waals surface area contributed by atoms with E-state index in [0.717, 1.165) is 0 Å². The Morgan fingerprint density at radius 3 is 2.00 bits per heavy atom. The lowest BCUT2D eigenvalue weighted by Crippen LogP contribution is -2.72. The molecule has 0 aliphatic carbocycles. The van der Waals surface area contributed by atoms with E-state index in [-0.39, 0.29) is 0 Å². The predicted molar refractivity (Wildman–Crippen MR) is 68.8 cm³/mol. The summed E-state index contributed by atoms with van der Waals surface area (Å²) in [6, 6.07) is 0. The molecule has 0 spiro atoms. The van der Waals surface area contributed by atoms with Crippen molar-refractivity contribution in [3.8, 4) is 0 Å². The van der Waals surface area contributed by atoms with Crippen LogP contribution in [0.2, 0.25) is 0 Å². The third-order valence-corrected chi connectivity index (χ3v) is 4.17. The number of aliphatic hydroxyl groups excluding tert-OH is 8. The Balaban J connectivity index is 2.29. The number of rotatable bonds is 3. The van der Waals surface area contributed by atoms with Gasteiger partial charge < -0.3 is 55.4 Å². The van der Waals surface area contributed by atoms with Gasteiger partial charge in [-0.25, -0.2) is 0 Å². The van der Waals surface area contributed by atoms with Crippen molar-refractivity contribution in [1.29, 1.82) is 0 Å². The Morgan fingerprint density at radius 2 is 1.46 bits per heavy atom. The molecule has 140 valence electrons. The summed E-state index contributed by atoms with van der Waals surface area (Å²) in [5, 5.41) is 86.6. The predicted octanol–water partition coefficient (Wildman–Crippen LogP) is -6.48. The third kappa shape index (κ3) is 2.95. The smallest absolute Gasteiger partial charge is 0.259 e. The fraction of sp³-hybridized carbons (Fsp3) is 0.917. The molecule has 0 aromatic rings. The van der Waals surface area contributed by atoms with Gasteiger partial charge in [0, 0.05) is 0 Å². The molecule has 2 aliphatic heterocycles. The molecular formula is C12H20O12. The second-order valence-electron chi connectivity index (χ2n) is 5.74. The topological polar surface area (TPSA) is 218 Å². The highest BCUT2D eigenvalue weighted by Crippen LogP contribution is 2.33. The van der Waals surface area contributed by atoms with E-state index in [9.17, 15) is 45.6 Å². The minimum absolute atomic E-state index is 0.932. The van der Waals surface area contributed by atoms with Gasteiger partial charge in [0.25, 0.3) is 5.79 Å². The molecule has 24 heavy (non-hydrogen) atoms. The second-order valence-corrected chi connectivity index (χ2v) is 5.74. The third-order valence-electron chi connectivity index (χ3n) is 4.17. The van der Waals surface area contributed by atoms with Gasteiger partial charge in [-0.15, -0.1) is 0 Å². The van der Waals surface area contributed by atoms with Gasteiger partial charge >= 0.3 is 0 Å². The molecule has 2 rings (SSSR count). The first-order valence-electron chi connectivity index (χ1n) is 7.03. The maximum atomic E-state index is 12.4. The zero-order valence-electron chi connectivity index (χ0n) is 12.2. The number of ketones is 1. The molecule has 0 amide bonds. The molecular weight excluding hydrogens is 336 g/mol. The summed E-state index contributed by atoms with van der Waals surface area (Å²) in [4.78, 5) is 12.4. The lowest BCUT2D eigenvalue weighted by Gasteiger charge is -2.47. The first-order valence-corrected chi connectivity index (χ1v) is 7.03.